The van der Waals surface area contributed by atoms with Gasteiger partial charge in [0.1, 0.15) is 0 Å². The minimum Gasteiger partial charge on any atom is -0.376 e. The van der Waals surface area contributed by atoms with E-state index in [2.05, 4.69) is 5.32 Å². The number of ether oxygens (including phenoxy) is 2. The molecule has 1 aliphatic rings. The Morgan fingerprint density at radius 1 is 1.53 bits per heavy atom. The van der Waals surface area contributed by atoms with Crippen molar-refractivity contribution < 1.29 is 14.3 Å². The number of halogens is 1. The normalized spacial score (nSPS) is 20.5. The van der Waals surface area contributed by atoms with Crippen LogP contribution in [0.25, 0.3) is 0 Å². The molecular formula is C9H19ClN2O3. The van der Waals surface area contributed by atoms with Crippen molar-refractivity contribution in [1.29, 1.82) is 0 Å². The molecule has 0 saturated carbocycles. The second-order valence-corrected chi connectivity index (χ2v) is 3.30. The van der Waals surface area contributed by atoms with E-state index in [1.165, 1.54) is 0 Å². The summed E-state index contributed by atoms with van der Waals surface area (Å²) in [4.78, 5) is 13.4. The average molecular weight is 239 g/mol. The zero-order valence-electron chi connectivity index (χ0n) is 9.19. The third-order valence-corrected chi connectivity index (χ3v) is 2.16. The maximum absolute atomic E-state index is 11.7. The van der Waals surface area contributed by atoms with Crippen LogP contribution in [0.15, 0.2) is 0 Å². The maximum Gasteiger partial charge on any atom is 0.253 e. The summed E-state index contributed by atoms with van der Waals surface area (Å²) >= 11 is 0. The molecule has 1 rings (SSSR count). The van der Waals surface area contributed by atoms with Crippen molar-refractivity contribution in [2.75, 3.05) is 47.0 Å². The topological polar surface area (TPSA) is 50.8 Å². The highest BCUT2D eigenvalue weighted by Crippen LogP contribution is 2.03. The van der Waals surface area contributed by atoms with Crippen molar-refractivity contribution in [2.45, 2.75) is 6.10 Å². The minimum absolute atomic E-state index is 0. The van der Waals surface area contributed by atoms with Crippen LogP contribution in [0.2, 0.25) is 0 Å². The van der Waals surface area contributed by atoms with E-state index < -0.39 is 6.10 Å². The summed E-state index contributed by atoms with van der Waals surface area (Å²) in [7, 11) is 3.64. The molecule has 90 valence electrons. The number of likely N-dealkylation sites (N-methyl/N-ethyl adjacent to an activating group) is 2. The number of nitrogens with one attached hydrogen (secondary N) is 1. The monoisotopic (exact) mass is 238 g/mol. The Morgan fingerprint density at radius 3 is 2.80 bits per heavy atom. The largest absolute Gasteiger partial charge is 0.376 e. The molecule has 6 heteroatoms. The molecular weight excluding hydrogens is 220 g/mol. The Balaban J connectivity index is 0.00000196. The molecule has 1 N–H and O–H groups in total. The molecule has 0 spiro atoms. The zero-order chi connectivity index (χ0) is 10.4. The van der Waals surface area contributed by atoms with Gasteiger partial charge in [0.05, 0.1) is 19.8 Å². The van der Waals surface area contributed by atoms with E-state index in [9.17, 15) is 4.79 Å². The van der Waals surface area contributed by atoms with Gasteiger partial charge in [-0.3, -0.25) is 4.79 Å². The van der Waals surface area contributed by atoms with E-state index in [0.29, 0.717) is 26.4 Å². The average Bonchev–Trinajstić information content (AvgIpc) is 2.26. The number of carbonyl (C=O) groups is 1. The van der Waals surface area contributed by atoms with Crippen LogP contribution in [-0.4, -0.2) is 63.9 Å². The maximum atomic E-state index is 11.7. The molecule has 1 unspecified atom stereocenters. The Bertz CT molecular complexity index is 186. The van der Waals surface area contributed by atoms with Gasteiger partial charge >= 0.3 is 0 Å². The lowest BCUT2D eigenvalue weighted by Crippen LogP contribution is -2.45. The zero-order valence-corrected chi connectivity index (χ0v) is 10.0. The fourth-order valence-electron chi connectivity index (χ4n) is 1.27. The van der Waals surface area contributed by atoms with Gasteiger partial charge < -0.3 is 19.7 Å². The van der Waals surface area contributed by atoms with E-state index in [-0.39, 0.29) is 18.3 Å². The van der Waals surface area contributed by atoms with Crippen molar-refractivity contribution in [2.24, 2.45) is 0 Å². The summed E-state index contributed by atoms with van der Waals surface area (Å²) in [6, 6.07) is 0. The SMILES string of the molecule is CNCCN(C)C(=O)C1COCCO1.Cl. The molecule has 1 saturated heterocycles. The fourth-order valence-corrected chi connectivity index (χ4v) is 1.27. The lowest BCUT2D eigenvalue weighted by atomic mass is 10.3. The lowest BCUT2D eigenvalue weighted by molar-refractivity contribution is -0.156. The summed E-state index contributed by atoms with van der Waals surface area (Å²) in [6.07, 6.45) is -0.411. The third kappa shape index (κ3) is 4.79. The van der Waals surface area contributed by atoms with E-state index in [1.807, 2.05) is 7.05 Å². The van der Waals surface area contributed by atoms with E-state index in [4.69, 9.17) is 9.47 Å². The molecule has 0 aliphatic carbocycles. The minimum atomic E-state index is -0.411. The molecule has 1 fully saturated rings. The molecule has 1 heterocycles. The first-order valence-electron chi connectivity index (χ1n) is 4.84. The standard InChI is InChI=1S/C9H18N2O3.ClH/c1-10-3-4-11(2)9(12)8-7-13-5-6-14-8;/h8,10H,3-7H2,1-2H3;1H. The van der Waals surface area contributed by atoms with Crippen LogP contribution >= 0.6 is 12.4 Å². The fraction of sp³-hybridized carbons (Fsp3) is 0.889. The van der Waals surface area contributed by atoms with E-state index in [0.717, 1.165) is 6.54 Å². The van der Waals surface area contributed by atoms with Crippen molar-refractivity contribution in [3.05, 3.63) is 0 Å². The van der Waals surface area contributed by atoms with Crippen molar-refractivity contribution in [3.8, 4) is 0 Å². The second kappa shape index (κ2) is 7.87. The van der Waals surface area contributed by atoms with Crippen LogP contribution in [0, 0.1) is 0 Å². The molecule has 0 aromatic carbocycles. The Kier molecular flexibility index (Phi) is 7.68. The predicted molar refractivity (Wildman–Crippen MR) is 59.4 cm³/mol. The smallest absolute Gasteiger partial charge is 0.253 e. The molecule has 15 heavy (non-hydrogen) atoms. The van der Waals surface area contributed by atoms with Gasteiger partial charge in [-0.25, -0.2) is 0 Å². The highest BCUT2D eigenvalue weighted by atomic mass is 35.5. The van der Waals surface area contributed by atoms with Crippen LogP contribution in [0.1, 0.15) is 0 Å². The Morgan fingerprint density at radius 2 is 2.27 bits per heavy atom. The molecule has 1 atom stereocenters. The predicted octanol–water partition coefficient (Wildman–Crippen LogP) is -0.499. The summed E-state index contributed by atoms with van der Waals surface area (Å²) in [5.41, 5.74) is 0. The summed E-state index contributed by atoms with van der Waals surface area (Å²) in [5, 5.41) is 2.99. The van der Waals surface area contributed by atoms with E-state index in [1.54, 1.807) is 11.9 Å². The number of amides is 1. The first-order chi connectivity index (χ1) is 6.75. The van der Waals surface area contributed by atoms with Gasteiger partial charge in [-0.1, -0.05) is 0 Å². The molecule has 0 bridgehead atoms. The van der Waals surface area contributed by atoms with Crippen LogP contribution < -0.4 is 5.32 Å². The summed E-state index contributed by atoms with van der Waals surface area (Å²) < 4.78 is 10.5. The first kappa shape index (κ1) is 14.6. The van der Waals surface area contributed by atoms with Gasteiger partial charge in [-0.2, -0.15) is 0 Å². The van der Waals surface area contributed by atoms with Gasteiger partial charge in [0.15, 0.2) is 6.10 Å². The van der Waals surface area contributed by atoms with Gasteiger partial charge in [-0.15, -0.1) is 12.4 Å². The van der Waals surface area contributed by atoms with E-state index >= 15 is 0 Å². The number of nitrogens with zero attached hydrogens (tertiary/aromatic N) is 1. The van der Waals surface area contributed by atoms with Crippen LogP contribution in [-0.2, 0) is 14.3 Å². The highest BCUT2D eigenvalue weighted by Gasteiger charge is 2.25. The van der Waals surface area contributed by atoms with Crippen LogP contribution in [0.5, 0.6) is 0 Å². The van der Waals surface area contributed by atoms with Crippen molar-refractivity contribution >= 4 is 18.3 Å². The third-order valence-electron chi connectivity index (χ3n) is 2.16. The molecule has 5 nitrogen and oxygen atoms in total. The quantitative estimate of drug-likeness (QED) is 0.718. The second-order valence-electron chi connectivity index (χ2n) is 3.30. The van der Waals surface area contributed by atoms with Crippen LogP contribution in [0.4, 0.5) is 0 Å². The number of hydrogen-bond acceptors (Lipinski definition) is 4. The molecule has 1 amide bonds. The molecule has 0 radical (unpaired) electrons. The van der Waals surface area contributed by atoms with Crippen molar-refractivity contribution in [3.63, 3.8) is 0 Å². The summed E-state index contributed by atoms with van der Waals surface area (Å²) in [5.74, 6) is -0.0000463. The summed E-state index contributed by atoms with van der Waals surface area (Å²) in [6.45, 7) is 2.95. The molecule has 0 aromatic rings. The first-order valence-corrected chi connectivity index (χ1v) is 4.84. The van der Waals surface area contributed by atoms with Gasteiger partial charge in [0.25, 0.3) is 5.91 Å². The Labute approximate surface area is 96.5 Å². The molecule has 1 aliphatic heterocycles. The van der Waals surface area contributed by atoms with Crippen molar-refractivity contribution in [1.82, 2.24) is 10.2 Å². The van der Waals surface area contributed by atoms with Gasteiger partial charge in [-0.05, 0) is 7.05 Å². The van der Waals surface area contributed by atoms with Gasteiger partial charge in [0.2, 0.25) is 0 Å². The number of carbonyl (C=O) groups excluding carboxylic acids is 1. The lowest BCUT2D eigenvalue weighted by Gasteiger charge is -2.26. The number of rotatable bonds is 4. The Hall–Kier alpha value is -0.360. The van der Waals surface area contributed by atoms with Crippen LogP contribution in [0.3, 0.4) is 0 Å². The highest BCUT2D eigenvalue weighted by molar-refractivity contribution is 5.85. The molecule has 0 aromatic heterocycles. The van der Waals surface area contributed by atoms with Gasteiger partial charge in [0, 0.05) is 20.1 Å². The number of hydrogen-bond donors (Lipinski definition) is 1.